The van der Waals surface area contributed by atoms with Crippen molar-refractivity contribution in [2.45, 2.75) is 20.3 Å². The standard InChI is InChI=1S/C24H21NO4/c1-13-3-4-14(2)19(11-13)29-24(28)15-7-9-18(10-8-15)25-22(26)20-16-5-6-17(12-16)21(20)23(25)27/h3-11,16-17,20-21H,12H2,1-2H3/t16-,17-,20-,21-/m0/s1. The second-order valence-corrected chi connectivity index (χ2v) is 8.22. The average Bonchev–Trinajstić information content (AvgIpc) is 3.39. The zero-order valence-electron chi connectivity index (χ0n) is 16.3. The van der Waals surface area contributed by atoms with Crippen LogP contribution in [0.3, 0.4) is 0 Å². The minimum atomic E-state index is -0.469. The lowest BCUT2D eigenvalue weighted by Gasteiger charge is -2.17. The summed E-state index contributed by atoms with van der Waals surface area (Å²) in [5.74, 6) is -0.289. The summed E-state index contributed by atoms with van der Waals surface area (Å²) in [7, 11) is 0. The van der Waals surface area contributed by atoms with Crippen molar-refractivity contribution in [2.24, 2.45) is 23.7 Å². The molecule has 2 amide bonds. The van der Waals surface area contributed by atoms with Gasteiger partial charge in [0, 0.05) is 0 Å². The van der Waals surface area contributed by atoms with Gasteiger partial charge in [0.25, 0.3) is 0 Å². The van der Waals surface area contributed by atoms with Gasteiger partial charge in [0.2, 0.25) is 11.8 Å². The molecular formula is C24H21NO4. The topological polar surface area (TPSA) is 63.7 Å². The van der Waals surface area contributed by atoms with Crippen molar-refractivity contribution >= 4 is 23.5 Å². The zero-order valence-corrected chi connectivity index (χ0v) is 16.3. The molecule has 2 aliphatic carbocycles. The fourth-order valence-corrected chi connectivity index (χ4v) is 4.88. The summed E-state index contributed by atoms with van der Waals surface area (Å²) >= 11 is 0. The lowest BCUT2D eigenvalue weighted by molar-refractivity contribution is -0.123. The number of anilines is 1. The highest BCUT2D eigenvalue weighted by molar-refractivity contribution is 6.22. The van der Waals surface area contributed by atoms with E-state index >= 15 is 0 Å². The molecule has 2 fully saturated rings. The van der Waals surface area contributed by atoms with Crippen LogP contribution < -0.4 is 9.64 Å². The third kappa shape index (κ3) is 2.72. The predicted octanol–water partition coefficient (Wildman–Crippen LogP) is 3.83. The van der Waals surface area contributed by atoms with Crippen LogP contribution in [-0.2, 0) is 9.59 Å². The molecular weight excluding hydrogens is 366 g/mol. The van der Waals surface area contributed by atoms with Gasteiger partial charge in [-0.1, -0.05) is 24.3 Å². The molecule has 3 aliphatic rings. The van der Waals surface area contributed by atoms with Gasteiger partial charge in [-0.2, -0.15) is 0 Å². The number of ether oxygens (including phenoxy) is 1. The van der Waals surface area contributed by atoms with Crippen molar-refractivity contribution in [3.05, 3.63) is 71.3 Å². The molecule has 0 radical (unpaired) electrons. The number of rotatable bonds is 3. The van der Waals surface area contributed by atoms with Crippen molar-refractivity contribution in [3.63, 3.8) is 0 Å². The number of fused-ring (bicyclic) bond motifs is 5. The molecule has 4 atom stereocenters. The van der Waals surface area contributed by atoms with Gasteiger partial charge in [-0.25, -0.2) is 4.79 Å². The molecule has 1 aliphatic heterocycles. The van der Waals surface area contributed by atoms with Crippen LogP contribution in [0, 0.1) is 37.5 Å². The Morgan fingerprint density at radius 3 is 2.17 bits per heavy atom. The molecule has 1 saturated heterocycles. The van der Waals surface area contributed by atoms with E-state index in [0.717, 1.165) is 17.5 Å². The van der Waals surface area contributed by atoms with E-state index in [9.17, 15) is 14.4 Å². The number of aryl methyl sites for hydroxylation is 2. The number of hydrogen-bond donors (Lipinski definition) is 0. The van der Waals surface area contributed by atoms with Gasteiger partial charge in [0.1, 0.15) is 5.75 Å². The SMILES string of the molecule is Cc1ccc(C)c(OC(=O)c2ccc(N3C(=O)[C@@H]4[C@@H](C3=O)[C@H]3C=C[C@H]4C3)cc2)c1. The quantitative estimate of drug-likeness (QED) is 0.347. The molecule has 2 aromatic rings. The van der Waals surface area contributed by atoms with Crippen LogP contribution in [0.2, 0.25) is 0 Å². The Morgan fingerprint density at radius 1 is 0.931 bits per heavy atom. The molecule has 0 unspecified atom stereocenters. The maximum absolute atomic E-state index is 12.9. The predicted molar refractivity (Wildman–Crippen MR) is 108 cm³/mol. The first-order valence-corrected chi connectivity index (χ1v) is 9.89. The number of carbonyl (C=O) groups excluding carboxylic acids is 3. The van der Waals surface area contributed by atoms with Crippen molar-refractivity contribution in [2.75, 3.05) is 4.90 Å². The van der Waals surface area contributed by atoms with Crippen LogP contribution in [0.15, 0.2) is 54.6 Å². The van der Waals surface area contributed by atoms with Gasteiger partial charge in [-0.3, -0.25) is 14.5 Å². The van der Waals surface area contributed by atoms with Crippen LogP contribution in [-0.4, -0.2) is 17.8 Å². The summed E-state index contributed by atoms with van der Waals surface area (Å²) < 4.78 is 5.52. The molecule has 2 bridgehead atoms. The van der Waals surface area contributed by atoms with Crippen molar-refractivity contribution in [1.82, 2.24) is 0 Å². The fraction of sp³-hybridized carbons (Fsp3) is 0.292. The van der Waals surface area contributed by atoms with Crippen LogP contribution >= 0.6 is 0 Å². The number of benzene rings is 2. The van der Waals surface area contributed by atoms with E-state index in [1.54, 1.807) is 24.3 Å². The maximum atomic E-state index is 12.9. The van der Waals surface area contributed by atoms with Gasteiger partial charge in [-0.05, 0) is 73.6 Å². The second kappa shape index (κ2) is 6.41. The highest BCUT2D eigenvalue weighted by atomic mass is 16.5. The van der Waals surface area contributed by atoms with E-state index in [2.05, 4.69) is 12.2 Å². The molecule has 29 heavy (non-hydrogen) atoms. The molecule has 1 saturated carbocycles. The van der Waals surface area contributed by atoms with E-state index in [1.807, 2.05) is 32.0 Å². The average molecular weight is 387 g/mol. The highest BCUT2D eigenvalue weighted by Gasteiger charge is 2.59. The van der Waals surface area contributed by atoms with E-state index in [0.29, 0.717) is 17.0 Å². The third-order valence-corrected chi connectivity index (χ3v) is 6.38. The smallest absolute Gasteiger partial charge is 0.343 e. The molecule has 0 aromatic heterocycles. The van der Waals surface area contributed by atoms with Gasteiger partial charge in [0.05, 0.1) is 23.1 Å². The Balaban J connectivity index is 1.36. The van der Waals surface area contributed by atoms with Gasteiger partial charge in [0.15, 0.2) is 0 Å². The van der Waals surface area contributed by atoms with Crippen LogP contribution in [0.5, 0.6) is 5.75 Å². The molecule has 146 valence electrons. The summed E-state index contributed by atoms with van der Waals surface area (Å²) in [6.07, 6.45) is 5.06. The fourth-order valence-electron chi connectivity index (χ4n) is 4.88. The molecule has 1 heterocycles. The van der Waals surface area contributed by atoms with Crippen molar-refractivity contribution in [1.29, 1.82) is 0 Å². The van der Waals surface area contributed by atoms with Crippen LogP contribution in [0.4, 0.5) is 5.69 Å². The molecule has 5 nitrogen and oxygen atoms in total. The Bertz CT molecular complexity index is 1040. The second-order valence-electron chi connectivity index (χ2n) is 8.22. The van der Waals surface area contributed by atoms with Gasteiger partial charge in [-0.15, -0.1) is 0 Å². The van der Waals surface area contributed by atoms with Crippen LogP contribution in [0.1, 0.15) is 27.9 Å². The molecule has 5 rings (SSSR count). The van der Waals surface area contributed by atoms with E-state index < -0.39 is 5.97 Å². The summed E-state index contributed by atoms with van der Waals surface area (Å²) in [6, 6.07) is 12.2. The Labute approximate surface area is 169 Å². The minimum absolute atomic E-state index is 0.123. The van der Waals surface area contributed by atoms with E-state index in [1.165, 1.54) is 4.90 Å². The molecule has 2 aromatic carbocycles. The Kier molecular flexibility index (Phi) is 3.95. The maximum Gasteiger partial charge on any atom is 0.343 e. The Morgan fingerprint density at radius 2 is 1.55 bits per heavy atom. The first-order chi connectivity index (χ1) is 13.9. The normalized spacial score (nSPS) is 26.9. The third-order valence-electron chi connectivity index (χ3n) is 6.38. The monoisotopic (exact) mass is 387 g/mol. The van der Waals surface area contributed by atoms with Crippen molar-refractivity contribution in [3.8, 4) is 5.75 Å². The van der Waals surface area contributed by atoms with Crippen LogP contribution in [0.25, 0.3) is 0 Å². The number of imide groups is 1. The lowest BCUT2D eigenvalue weighted by atomic mass is 9.85. The van der Waals surface area contributed by atoms with Gasteiger partial charge < -0.3 is 4.74 Å². The summed E-state index contributed by atoms with van der Waals surface area (Å²) in [4.78, 5) is 39.6. The lowest BCUT2D eigenvalue weighted by Crippen LogP contribution is -2.32. The number of carbonyl (C=O) groups is 3. The van der Waals surface area contributed by atoms with E-state index in [-0.39, 0.29) is 35.5 Å². The van der Waals surface area contributed by atoms with E-state index in [4.69, 9.17) is 4.74 Å². The number of hydrogen-bond acceptors (Lipinski definition) is 4. The zero-order chi connectivity index (χ0) is 20.3. The number of amides is 2. The molecule has 0 spiro atoms. The summed E-state index contributed by atoms with van der Waals surface area (Å²) in [6.45, 7) is 3.82. The first kappa shape index (κ1) is 17.9. The molecule has 5 heteroatoms. The number of allylic oxidation sites excluding steroid dienone is 2. The Hall–Kier alpha value is -3.21. The summed E-state index contributed by atoms with van der Waals surface area (Å²) in [5.41, 5.74) is 2.77. The molecule has 0 N–H and O–H groups in total. The highest BCUT2D eigenvalue weighted by Crippen LogP contribution is 2.53. The minimum Gasteiger partial charge on any atom is -0.423 e. The van der Waals surface area contributed by atoms with Gasteiger partial charge >= 0.3 is 5.97 Å². The first-order valence-electron chi connectivity index (χ1n) is 9.89. The number of esters is 1. The number of nitrogens with zero attached hydrogens (tertiary/aromatic N) is 1. The largest absolute Gasteiger partial charge is 0.423 e. The summed E-state index contributed by atoms with van der Waals surface area (Å²) in [5, 5.41) is 0. The van der Waals surface area contributed by atoms with Crippen molar-refractivity contribution < 1.29 is 19.1 Å².